The number of nitrogens with one attached hydrogen (secondary N) is 2. The van der Waals surface area contributed by atoms with Crippen molar-refractivity contribution < 1.29 is 4.79 Å². The van der Waals surface area contributed by atoms with E-state index in [-0.39, 0.29) is 5.91 Å². The van der Waals surface area contributed by atoms with Crippen LogP contribution in [0.3, 0.4) is 0 Å². The second-order valence-corrected chi connectivity index (χ2v) is 8.03. The standard InChI is InChI=1S/C20H19N7OS2/c1-4-9-26-17(24-25-20(26)29)16-13(3)22-19(30-16)23-18(28)14-5-7-15(8-6-14)27-11-12(2)10-21-27/h4-8,10-11H,1,9H2,2-3H3,(H,25,29)(H,22,23,28). The van der Waals surface area contributed by atoms with E-state index in [4.69, 9.17) is 12.2 Å². The molecule has 1 aromatic carbocycles. The Balaban J connectivity index is 1.54. The number of hydrogen-bond donors (Lipinski definition) is 2. The molecule has 0 atom stereocenters. The van der Waals surface area contributed by atoms with E-state index in [2.05, 4.69) is 32.2 Å². The van der Waals surface area contributed by atoms with Gasteiger partial charge in [-0.15, -0.1) is 6.58 Å². The molecule has 0 unspecified atom stereocenters. The van der Waals surface area contributed by atoms with Crippen LogP contribution in [-0.2, 0) is 6.54 Å². The van der Waals surface area contributed by atoms with Crippen molar-refractivity contribution >= 4 is 34.6 Å². The maximum absolute atomic E-state index is 12.7. The van der Waals surface area contributed by atoms with E-state index in [0.717, 1.165) is 21.8 Å². The Morgan fingerprint density at radius 3 is 2.77 bits per heavy atom. The maximum atomic E-state index is 12.7. The van der Waals surface area contributed by atoms with Gasteiger partial charge in [-0.25, -0.2) is 9.67 Å². The van der Waals surface area contributed by atoms with Crippen LogP contribution in [0, 0.1) is 18.6 Å². The van der Waals surface area contributed by atoms with Crippen molar-refractivity contribution in [1.82, 2.24) is 29.5 Å². The molecule has 3 aromatic heterocycles. The zero-order valence-electron chi connectivity index (χ0n) is 16.4. The van der Waals surface area contributed by atoms with Gasteiger partial charge in [-0.3, -0.25) is 19.8 Å². The number of H-pyrrole nitrogens is 1. The summed E-state index contributed by atoms with van der Waals surface area (Å²) in [5, 5.41) is 14.7. The van der Waals surface area contributed by atoms with Gasteiger partial charge in [0.05, 0.1) is 22.5 Å². The van der Waals surface area contributed by atoms with E-state index in [0.29, 0.717) is 27.8 Å². The molecule has 0 bridgehead atoms. The second kappa shape index (κ2) is 8.17. The molecule has 0 radical (unpaired) electrons. The molecule has 0 saturated carbocycles. The summed E-state index contributed by atoms with van der Waals surface area (Å²) in [5.74, 6) is 0.442. The molecule has 3 heterocycles. The molecule has 10 heteroatoms. The van der Waals surface area contributed by atoms with E-state index in [1.54, 1.807) is 29.1 Å². The Hall–Kier alpha value is -3.37. The van der Waals surface area contributed by atoms with E-state index in [9.17, 15) is 4.79 Å². The first-order valence-electron chi connectivity index (χ1n) is 9.13. The van der Waals surface area contributed by atoms with Crippen molar-refractivity contribution in [2.75, 3.05) is 5.32 Å². The molecular formula is C20H19N7OS2. The molecule has 1 amide bonds. The number of nitrogens with zero attached hydrogens (tertiary/aromatic N) is 5. The van der Waals surface area contributed by atoms with Crippen LogP contribution >= 0.6 is 23.6 Å². The Morgan fingerprint density at radius 2 is 2.10 bits per heavy atom. The van der Waals surface area contributed by atoms with Crippen LogP contribution in [0.1, 0.15) is 21.6 Å². The number of rotatable bonds is 6. The van der Waals surface area contributed by atoms with Crippen LogP contribution in [0.25, 0.3) is 16.4 Å². The van der Waals surface area contributed by atoms with Gasteiger partial charge >= 0.3 is 0 Å². The first-order valence-corrected chi connectivity index (χ1v) is 10.4. The van der Waals surface area contributed by atoms with Crippen LogP contribution in [0.5, 0.6) is 0 Å². The monoisotopic (exact) mass is 437 g/mol. The maximum Gasteiger partial charge on any atom is 0.257 e. The van der Waals surface area contributed by atoms with E-state index < -0.39 is 0 Å². The van der Waals surface area contributed by atoms with Crippen molar-refractivity contribution in [2.45, 2.75) is 20.4 Å². The number of anilines is 1. The topological polar surface area (TPSA) is 93.4 Å². The lowest BCUT2D eigenvalue weighted by molar-refractivity contribution is 0.102. The molecule has 2 N–H and O–H groups in total. The van der Waals surface area contributed by atoms with Crippen LogP contribution in [0.15, 0.2) is 49.3 Å². The van der Waals surface area contributed by atoms with Gasteiger partial charge in [0.2, 0.25) is 0 Å². The number of amides is 1. The van der Waals surface area contributed by atoms with Gasteiger partial charge in [0.25, 0.3) is 5.91 Å². The summed E-state index contributed by atoms with van der Waals surface area (Å²) >= 11 is 6.63. The molecular weight excluding hydrogens is 418 g/mol. The van der Waals surface area contributed by atoms with Gasteiger partial charge in [0, 0.05) is 18.3 Å². The number of aromatic nitrogens is 6. The zero-order chi connectivity index (χ0) is 21.3. The molecule has 0 aliphatic rings. The molecule has 4 rings (SSSR count). The lowest BCUT2D eigenvalue weighted by Gasteiger charge is -2.04. The highest BCUT2D eigenvalue weighted by molar-refractivity contribution is 7.71. The molecule has 4 aromatic rings. The second-order valence-electron chi connectivity index (χ2n) is 6.65. The number of aromatic amines is 1. The number of carbonyl (C=O) groups excluding carboxylic acids is 1. The van der Waals surface area contributed by atoms with Crippen molar-refractivity contribution in [3.05, 3.63) is 70.9 Å². The molecule has 8 nitrogen and oxygen atoms in total. The number of hydrogen-bond acceptors (Lipinski definition) is 6. The van der Waals surface area contributed by atoms with Gasteiger partial charge in [-0.05, 0) is 55.9 Å². The number of aryl methyl sites for hydroxylation is 2. The lowest BCUT2D eigenvalue weighted by Crippen LogP contribution is -2.11. The largest absolute Gasteiger partial charge is 0.298 e. The van der Waals surface area contributed by atoms with Crippen molar-refractivity contribution in [3.8, 4) is 16.4 Å². The van der Waals surface area contributed by atoms with Crippen LogP contribution < -0.4 is 5.32 Å². The van der Waals surface area contributed by atoms with E-state index >= 15 is 0 Å². The third-order valence-corrected chi connectivity index (χ3v) is 5.78. The van der Waals surface area contributed by atoms with Crippen molar-refractivity contribution in [3.63, 3.8) is 0 Å². The number of allylic oxidation sites excluding steroid dienone is 1. The number of thiazole rings is 1. The normalized spacial score (nSPS) is 10.9. The fraction of sp³-hybridized carbons (Fsp3) is 0.150. The molecule has 0 spiro atoms. The highest BCUT2D eigenvalue weighted by atomic mass is 32.1. The van der Waals surface area contributed by atoms with E-state index in [1.807, 2.05) is 36.7 Å². The smallest absolute Gasteiger partial charge is 0.257 e. The third kappa shape index (κ3) is 3.87. The van der Waals surface area contributed by atoms with Gasteiger partial charge in [0.1, 0.15) is 0 Å². The Labute approximate surface area is 181 Å². The zero-order valence-corrected chi connectivity index (χ0v) is 18.0. The average molecular weight is 438 g/mol. The molecule has 30 heavy (non-hydrogen) atoms. The first-order chi connectivity index (χ1) is 14.5. The minimum absolute atomic E-state index is 0.233. The lowest BCUT2D eigenvalue weighted by atomic mass is 10.2. The fourth-order valence-electron chi connectivity index (χ4n) is 2.94. The summed E-state index contributed by atoms with van der Waals surface area (Å²) in [6.45, 7) is 8.14. The third-order valence-electron chi connectivity index (χ3n) is 4.40. The predicted octanol–water partition coefficient (Wildman–Crippen LogP) is 4.31. The number of carbonyl (C=O) groups is 1. The average Bonchev–Trinajstić information content (AvgIpc) is 3.42. The SMILES string of the molecule is C=CCn1c(-c2sc(NC(=O)c3ccc(-n4cc(C)cn4)cc3)nc2C)n[nH]c1=S. The summed E-state index contributed by atoms with van der Waals surface area (Å²) in [7, 11) is 0. The van der Waals surface area contributed by atoms with Crippen LogP contribution in [0.2, 0.25) is 0 Å². The fourth-order valence-corrected chi connectivity index (χ4v) is 4.10. The highest BCUT2D eigenvalue weighted by Crippen LogP contribution is 2.32. The van der Waals surface area contributed by atoms with Gasteiger partial charge < -0.3 is 0 Å². The summed E-state index contributed by atoms with van der Waals surface area (Å²) in [4.78, 5) is 18.0. The van der Waals surface area contributed by atoms with Crippen LogP contribution in [0.4, 0.5) is 5.13 Å². The molecule has 0 aliphatic heterocycles. The summed E-state index contributed by atoms with van der Waals surface area (Å²) in [6.07, 6.45) is 5.47. The Kier molecular flexibility index (Phi) is 5.42. The van der Waals surface area contributed by atoms with Crippen molar-refractivity contribution in [1.29, 1.82) is 0 Å². The van der Waals surface area contributed by atoms with Crippen LogP contribution in [-0.4, -0.2) is 35.4 Å². The van der Waals surface area contributed by atoms with Gasteiger partial charge in [-0.2, -0.15) is 10.2 Å². The molecule has 0 fully saturated rings. The Bertz CT molecular complexity index is 1280. The molecule has 0 aliphatic carbocycles. The van der Waals surface area contributed by atoms with E-state index in [1.165, 1.54) is 11.3 Å². The summed E-state index contributed by atoms with van der Waals surface area (Å²) in [6, 6.07) is 7.23. The minimum atomic E-state index is -0.233. The molecule has 152 valence electrons. The summed E-state index contributed by atoms with van der Waals surface area (Å²) < 4.78 is 4.11. The minimum Gasteiger partial charge on any atom is -0.298 e. The first kappa shape index (κ1) is 19.9. The summed E-state index contributed by atoms with van der Waals surface area (Å²) in [5.41, 5.74) is 3.25. The highest BCUT2D eigenvalue weighted by Gasteiger charge is 2.17. The van der Waals surface area contributed by atoms with Gasteiger partial charge in [-0.1, -0.05) is 17.4 Å². The Morgan fingerprint density at radius 1 is 1.33 bits per heavy atom. The quantitative estimate of drug-likeness (QED) is 0.346. The number of benzene rings is 1. The van der Waals surface area contributed by atoms with Gasteiger partial charge in [0.15, 0.2) is 15.7 Å². The van der Waals surface area contributed by atoms with Crippen molar-refractivity contribution in [2.24, 2.45) is 0 Å². The molecule has 0 saturated heterocycles. The predicted molar refractivity (Wildman–Crippen MR) is 120 cm³/mol.